The van der Waals surface area contributed by atoms with E-state index in [1.54, 1.807) is 6.20 Å². The predicted octanol–water partition coefficient (Wildman–Crippen LogP) is 1.96. The van der Waals surface area contributed by atoms with Crippen LogP contribution in [-0.4, -0.2) is 30.5 Å². The molecular formula is C16H19N3O. The number of aromatic nitrogens is 1. The number of nitrogens with one attached hydrogen (secondary N) is 2. The van der Waals surface area contributed by atoms with Crippen LogP contribution in [0.3, 0.4) is 0 Å². The van der Waals surface area contributed by atoms with Crippen LogP contribution in [0.2, 0.25) is 0 Å². The van der Waals surface area contributed by atoms with E-state index in [4.69, 9.17) is 0 Å². The van der Waals surface area contributed by atoms with Crippen LogP contribution in [0.5, 0.6) is 0 Å². The van der Waals surface area contributed by atoms with E-state index in [0.29, 0.717) is 11.5 Å². The van der Waals surface area contributed by atoms with Crippen molar-refractivity contribution in [1.82, 2.24) is 15.6 Å². The molecular weight excluding hydrogens is 250 g/mol. The van der Waals surface area contributed by atoms with Gasteiger partial charge in [-0.2, -0.15) is 0 Å². The van der Waals surface area contributed by atoms with Gasteiger partial charge in [0, 0.05) is 23.7 Å². The summed E-state index contributed by atoms with van der Waals surface area (Å²) in [4.78, 5) is 16.6. The highest BCUT2D eigenvalue weighted by atomic mass is 16.1. The summed E-state index contributed by atoms with van der Waals surface area (Å²) in [6.07, 6.45) is 4.13. The highest BCUT2D eigenvalue weighted by Gasteiger charge is 2.15. The number of pyridine rings is 1. The van der Waals surface area contributed by atoms with E-state index < -0.39 is 0 Å². The summed E-state index contributed by atoms with van der Waals surface area (Å²) >= 11 is 0. The first-order chi connectivity index (χ1) is 9.84. The van der Waals surface area contributed by atoms with Gasteiger partial charge >= 0.3 is 0 Å². The molecule has 0 aliphatic carbocycles. The fourth-order valence-corrected chi connectivity index (χ4v) is 2.73. The highest BCUT2D eigenvalue weighted by Crippen LogP contribution is 2.16. The summed E-state index contributed by atoms with van der Waals surface area (Å²) in [5, 5.41) is 7.33. The number of nitrogens with zero attached hydrogens (tertiary/aromatic N) is 1. The third-order valence-corrected chi connectivity index (χ3v) is 3.84. The van der Waals surface area contributed by atoms with E-state index in [9.17, 15) is 4.79 Å². The predicted molar refractivity (Wildman–Crippen MR) is 79.7 cm³/mol. The number of piperidine rings is 1. The third-order valence-electron chi connectivity index (χ3n) is 3.84. The zero-order chi connectivity index (χ0) is 13.8. The fraction of sp³-hybridized carbons (Fsp3) is 0.375. The second kappa shape index (κ2) is 6.01. The number of carbonyl (C=O) groups excluding carboxylic acids is 1. The Morgan fingerprint density at radius 1 is 1.35 bits per heavy atom. The third kappa shape index (κ3) is 2.80. The monoisotopic (exact) mass is 269 g/mol. The van der Waals surface area contributed by atoms with Gasteiger partial charge in [-0.25, -0.2) is 0 Å². The Kier molecular flexibility index (Phi) is 3.92. The molecule has 0 saturated carbocycles. The molecule has 0 spiro atoms. The first kappa shape index (κ1) is 13.1. The lowest BCUT2D eigenvalue weighted by molar-refractivity contribution is 0.0946. The molecule has 2 N–H and O–H groups in total. The molecule has 1 aromatic heterocycles. The topological polar surface area (TPSA) is 54.0 Å². The van der Waals surface area contributed by atoms with Crippen molar-refractivity contribution >= 4 is 16.8 Å². The van der Waals surface area contributed by atoms with Gasteiger partial charge < -0.3 is 10.6 Å². The highest BCUT2D eigenvalue weighted by molar-refractivity contribution is 6.06. The number of hydrogen-bond acceptors (Lipinski definition) is 3. The molecule has 20 heavy (non-hydrogen) atoms. The summed E-state index contributed by atoms with van der Waals surface area (Å²) in [6.45, 7) is 2.83. The summed E-state index contributed by atoms with van der Waals surface area (Å²) in [5.74, 6) is 0.537. The van der Waals surface area contributed by atoms with E-state index in [1.807, 2.05) is 30.3 Å². The molecule has 1 unspecified atom stereocenters. The van der Waals surface area contributed by atoms with E-state index >= 15 is 0 Å². The van der Waals surface area contributed by atoms with Gasteiger partial charge in [0.1, 0.15) is 0 Å². The number of hydrogen-bond donors (Lipinski definition) is 2. The fourth-order valence-electron chi connectivity index (χ4n) is 2.73. The summed E-state index contributed by atoms with van der Waals surface area (Å²) in [6, 6.07) is 9.48. The van der Waals surface area contributed by atoms with Gasteiger partial charge in [-0.05, 0) is 50.0 Å². The molecule has 4 heteroatoms. The van der Waals surface area contributed by atoms with Crippen molar-refractivity contribution in [3.8, 4) is 0 Å². The first-order valence-corrected chi connectivity index (χ1v) is 7.17. The van der Waals surface area contributed by atoms with Gasteiger partial charge in [0.15, 0.2) is 0 Å². The van der Waals surface area contributed by atoms with Crippen LogP contribution in [0.25, 0.3) is 10.9 Å². The minimum atomic E-state index is -0.00539. The molecule has 2 heterocycles. The Bertz CT molecular complexity index is 600. The number of rotatable bonds is 3. The van der Waals surface area contributed by atoms with Gasteiger partial charge in [-0.3, -0.25) is 9.78 Å². The molecule has 1 fully saturated rings. The van der Waals surface area contributed by atoms with Crippen molar-refractivity contribution in [1.29, 1.82) is 0 Å². The molecule has 1 aromatic carbocycles. The Balaban J connectivity index is 1.72. The lowest BCUT2D eigenvalue weighted by Gasteiger charge is -2.23. The maximum atomic E-state index is 12.3. The Morgan fingerprint density at radius 2 is 2.30 bits per heavy atom. The SMILES string of the molecule is O=C(NCC1CCCNC1)c1cccc2ncccc12. The molecule has 1 atom stereocenters. The van der Waals surface area contributed by atoms with Crippen LogP contribution in [0.15, 0.2) is 36.5 Å². The maximum absolute atomic E-state index is 12.3. The lowest BCUT2D eigenvalue weighted by Crippen LogP contribution is -2.38. The van der Waals surface area contributed by atoms with Crippen LogP contribution < -0.4 is 10.6 Å². The van der Waals surface area contributed by atoms with Crippen molar-refractivity contribution in [3.05, 3.63) is 42.1 Å². The van der Waals surface area contributed by atoms with Crippen LogP contribution in [0, 0.1) is 5.92 Å². The molecule has 1 amide bonds. The van der Waals surface area contributed by atoms with Crippen LogP contribution in [0.1, 0.15) is 23.2 Å². The molecule has 0 bridgehead atoms. The van der Waals surface area contributed by atoms with E-state index in [2.05, 4.69) is 15.6 Å². The molecule has 1 saturated heterocycles. The second-order valence-corrected chi connectivity index (χ2v) is 5.30. The lowest BCUT2D eigenvalue weighted by atomic mass is 9.99. The molecule has 104 valence electrons. The minimum absolute atomic E-state index is 0.00539. The van der Waals surface area contributed by atoms with E-state index in [0.717, 1.165) is 30.5 Å². The number of benzene rings is 1. The van der Waals surface area contributed by atoms with E-state index in [-0.39, 0.29) is 5.91 Å². The molecule has 0 radical (unpaired) electrons. The van der Waals surface area contributed by atoms with Crippen molar-refractivity contribution in [3.63, 3.8) is 0 Å². The van der Waals surface area contributed by atoms with Gasteiger partial charge in [0.2, 0.25) is 0 Å². The van der Waals surface area contributed by atoms with Crippen molar-refractivity contribution in [2.24, 2.45) is 5.92 Å². The van der Waals surface area contributed by atoms with Gasteiger partial charge in [0.05, 0.1) is 5.52 Å². The smallest absolute Gasteiger partial charge is 0.251 e. The average molecular weight is 269 g/mol. The number of fused-ring (bicyclic) bond motifs is 1. The summed E-state index contributed by atoms with van der Waals surface area (Å²) in [5.41, 5.74) is 1.57. The van der Waals surface area contributed by atoms with Crippen molar-refractivity contribution in [2.75, 3.05) is 19.6 Å². The van der Waals surface area contributed by atoms with Crippen LogP contribution in [-0.2, 0) is 0 Å². The molecule has 1 aliphatic rings. The van der Waals surface area contributed by atoms with Crippen molar-refractivity contribution in [2.45, 2.75) is 12.8 Å². The van der Waals surface area contributed by atoms with Crippen LogP contribution >= 0.6 is 0 Å². The van der Waals surface area contributed by atoms with Gasteiger partial charge in [0.25, 0.3) is 5.91 Å². The molecule has 2 aromatic rings. The zero-order valence-corrected chi connectivity index (χ0v) is 11.4. The standard InChI is InChI=1S/C16H19N3O/c20-16(19-11-12-4-2-8-17-10-12)14-5-1-7-15-13(14)6-3-9-18-15/h1,3,5-7,9,12,17H,2,4,8,10-11H2,(H,19,20). The molecule has 4 nitrogen and oxygen atoms in total. The summed E-state index contributed by atoms with van der Waals surface area (Å²) < 4.78 is 0. The minimum Gasteiger partial charge on any atom is -0.352 e. The Morgan fingerprint density at radius 3 is 3.15 bits per heavy atom. The number of carbonyl (C=O) groups is 1. The first-order valence-electron chi connectivity index (χ1n) is 7.17. The van der Waals surface area contributed by atoms with E-state index in [1.165, 1.54) is 12.8 Å². The van der Waals surface area contributed by atoms with Gasteiger partial charge in [-0.15, -0.1) is 0 Å². The molecule has 3 rings (SSSR count). The molecule has 1 aliphatic heterocycles. The van der Waals surface area contributed by atoms with Crippen molar-refractivity contribution < 1.29 is 4.79 Å². The Labute approximate surface area is 118 Å². The zero-order valence-electron chi connectivity index (χ0n) is 11.4. The van der Waals surface area contributed by atoms with Gasteiger partial charge in [-0.1, -0.05) is 12.1 Å². The summed E-state index contributed by atoms with van der Waals surface area (Å²) in [7, 11) is 0. The Hall–Kier alpha value is -1.94. The van der Waals surface area contributed by atoms with Crippen LogP contribution in [0.4, 0.5) is 0 Å². The quantitative estimate of drug-likeness (QED) is 0.895. The average Bonchev–Trinajstić information content (AvgIpc) is 2.53. The normalized spacial score (nSPS) is 18.9. The maximum Gasteiger partial charge on any atom is 0.251 e. The number of amides is 1. The largest absolute Gasteiger partial charge is 0.352 e. The second-order valence-electron chi connectivity index (χ2n) is 5.30.